The van der Waals surface area contributed by atoms with Gasteiger partial charge in [0.15, 0.2) is 0 Å². The van der Waals surface area contributed by atoms with Gasteiger partial charge in [-0.25, -0.2) is 0 Å². The Balaban J connectivity index is 2.06. The van der Waals surface area contributed by atoms with E-state index in [0.29, 0.717) is 12.8 Å². The molecule has 1 fully saturated rings. The van der Waals surface area contributed by atoms with Gasteiger partial charge in [0.25, 0.3) is 0 Å². The number of para-hydroxylation sites is 1. The quantitative estimate of drug-likeness (QED) is 0.895. The number of ether oxygens (including phenoxy) is 1. The smallest absolute Gasteiger partial charge is 0.419 e. The molecule has 0 saturated heterocycles. The fourth-order valence-corrected chi connectivity index (χ4v) is 1.93. The molecule has 0 spiro atoms. The van der Waals surface area contributed by atoms with Gasteiger partial charge in [-0.1, -0.05) is 12.1 Å². The normalized spacial score (nSPS) is 17.0. The summed E-state index contributed by atoms with van der Waals surface area (Å²) < 4.78 is 43.4. The van der Waals surface area contributed by atoms with E-state index in [-0.39, 0.29) is 18.8 Å². The van der Waals surface area contributed by atoms with Crippen molar-refractivity contribution in [3.8, 4) is 5.75 Å². The molecule has 0 atom stereocenters. The first-order valence-corrected chi connectivity index (χ1v) is 5.83. The number of carbonyl (C=O) groups is 1. The number of aliphatic carboxylic acids is 1. The number of halogens is 3. The Bertz CT molecular complexity index is 478. The largest absolute Gasteiger partial charge is 0.492 e. The van der Waals surface area contributed by atoms with Crippen LogP contribution >= 0.6 is 0 Å². The van der Waals surface area contributed by atoms with Crippen molar-refractivity contribution < 1.29 is 27.8 Å². The summed E-state index contributed by atoms with van der Waals surface area (Å²) in [6, 6.07) is 4.95. The predicted octanol–water partition coefficient (Wildman–Crippen LogP) is 3.34. The van der Waals surface area contributed by atoms with Crippen LogP contribution in [0.15, 0.2) is 24.3 Å². The van der Waals surface area contributed by atoms with Crippen molar-refractivity contribution >= 4 is 5.97 Å². The minimum Gasteiger partial charge on any atom is -0.492 e. The third-order valence-corrected chi connectivity index (χ3v) is 3.21. The minimum atomic E-state index is -4.47. The number of benzene rings is 1. The molecule has 0 amide bonds. The van der Waals surface area contributed by atoms with Crippen LogP contribution < -0.4 is 4.74 Å². The van der Waals surface area contributed by atoms with Gasteiger partial charge in [0.2, 0.25) is 0 Å². The van der Waals surface area contributed by atoms with Gasteiger partial charge in [0.05, 0.1) is 18.6 Å². The fraction of sp³-hybridized carbons (Fsp3) is 0.462. The Morgan fingerprint density at radius 1 is 1.32 bits per heavy atom. The number of carboxylic acid groups (broad SMARTS) is 1. The third kappa shape index (κ3) is 3.39. The SMILES string of the molecule is O=C(O)CC1(COc2ccccc2C(F)(F)F)CC1. The van der Waals surface area contributed by atoms with Gasteiger partial charge in [-0.15, -0.1) is 0 Å². The van der Waals surface area contributed by atoms with Crippen LogP contribution in [0.1, 0.15) is 24.8 Å². The number of carboxylic acids is 1. The third-order valence-electron chi connectivity index (χ3n) is 3.21. The Kier molecular flexibility index (Phi) is 3.43. The highest BCUT2D eigenvalue weighted by atomic mass is 19.4. The van der Waals surface area contributed by atoms with E-state index in [1.807, 2.05) is 0 Å². The number of alkyl halides is 3. The summed E-state index contributed by atoms with van der Waals surface area (Å²) >= 11 is 0. The Labute approximate surface area is 108 Å². The molecule has 0 unspecified atom stereocenters. The summed E-state index contributed by atoms with van der Waals surface area (Å²) in [4.78, 5) is 10.7. The van der Waals surface area contributed by atoms with Crippen LogP contribution in [0.5, 0.6) is 5.75 Å². The van der Waals surface area contributed by atoms with Crippen LogP contribution in [0, 0.1) is 5.41 Å². The lowest BCUT2D eigenvalue weighted by molar-refractivity contribution is -0.141. The lowest BCUT2D eigenvalue weighted by Crippen LogP contribution is -2.18. The first-order valence-electron chi connectivity index (χ1n) is 5.83. The van der Waals surface area contributed by atoms with Crippen molar-refractivity contribution in [2.75, 3.05) is 6.61 Å². The van der Waals surface area contributed by atoms with E-state index in [2.05, 4.69) is 0 Å². The highest BCUT2D eigenvalue weighted by molar-refractivity contribution is 5.68. The average Bonchev–Trinajstić information content (AvgIpc) is 3.05. The van der Waals surface area contributed by atoms with Gasteiger partial charge in [-0.2, -0.15) is 13.2 Å². The average molecular weight is 274 g/mol. The maximum Gasteiger partial charge on any atom is 0.419 e. The van der Waals surface area contributed by atoms with Crippen LogP contribution in [0.3, 0.4) is 0 Å². The van der Waals surface area contributed by atoms with Crippen LogP contribution in [-0.4, -0.2) is 17.7 Å². The zero-order valence-corrected chi connectivity index (χ0v) is 10.0. The molecule has 0 bridgehead atoms. The van der Waals surface area contributed by atoms with Crippen LogP contribution in [0.2, 0.25) is 0 Å². The van der Waals surface area contributed by atoms with E-state index in [4.69, 9.17) is 9.84 Å². The van der Waals surface area contributed by atoms with E-state index in [1.54, 1.807) is 0 Å². The summed E-state index contributed by atoms with van der Waals surface area (Å²) in [5.41, 5.74) is -1.33. The van der Waals surface area contributed by atoms with Gasteiger partial charge in [0, 0.05) is 5.41 Å². The van der Waals surface area contributed by atoms with Crippen molar-refractivity contribution in [3.05, 3.63) is 29.8 Å². The Hall–Kier alpha value is -1.72. The molecular weight excluding hydrogens is 261 g/mol. The van der Waals surface area contributed by atoms with E-state index < -0.39 is 23.1 Å². The molecule has 104 valence electrons. The second kappa shape index (κ2) is 4.75. The molecule has 19 heavy (non-hydrogen) atoms. The zero-order chi connectivity index (χ0) is 14.1. The first-order chi connectivity index (χ1) is 8.82. The molecule has 0 aromatic heterocycles. The molecular formula is C13H13F3O3. The van der Waals surface area contributed by atoms with Crippen LogP contribution in [0.25, 0.3) is 0 Å². The van der Waals surface area contributed by atoms with Gasteiger partial charge < -0.3 is 9.84 Å². The highest BCUT2D eigenvalue weighted by Gasteiger charge is 2.46. The minimum absolute atomic E-state index is 0.00634. The molecule has 1 saturated carbocycles. The van der Waals surface area contributed by atoms with E-state index in [1.165, 1.54) is 18.2 Å². The van der Waals surface area contributed by atoms with Gasteiger partial charge in [0.1, 0.15) is 5.75 Å². The molecule has 3 nitrogen and oxygen atoms in total. The van der Waals surface area contributed by atoms with Crippen LogP contribution in [0.4, 0.5) is 13.2 Å². The standard InChI is InChI=1S/C13H13F3O3/c14-13(15,16)9-3-1-2-4-10(9)19-8-12(5-6-12)7-11(17)18/h1-4H,5-8H2,(H,17,18). The molecule has 0 heterocycles. The van der Waals surface area contributed by atoms with Crippen molar-refractivity contribution in [2.24, 2.45) is 5.41 Å². The molecule has 1 aromatic rings. The summed E-state index contributed by atoms with van der Waals surface area (Å²) in [5, 5.41) is 8.73. The topological polar surface area (TPSA) is 46.5 Å². The van der Waals surface area contributed by atoms with Crippen molar-refractivity contribution in [1.29, 1.82) is 0 Å². The fourth-order valence-electron chi connectivity index (χ4n) is 1.93. The van der Waals surface area contributed by atoms with E-state index in [0.717, 1.165) is 6.07 Å². The van der Waals surface area contributed by atoms with Crippen molar-refractivity contribution in [2.45, 2.75) is 25.4 Å². The van der Waals surface area contributed by atoms with E-state index in [9.17, 15) is 18.0 Å². The van der Waals surface area contributed by atoms with Gasteiger partial charge in [-0.05, 0) is 25.0 Å². The molecule has 1 aliphatic carbocycles. The number of hydrogen-bond donors (Lipinski definition) is 1. The monoisotopic (exact) mass is 274 g/mol. The zero-order valence-electron chi connectivity index (χ0n) is 10.0. The molecule has 1 aromatic carbocycles. The van der Waals surface area contributed by atoms with Crippen molar-refractivity contribution in [3.63, 3.8) is 0 Å². The van der Waals surface area contributed by atoms with Crippen molar-refractivity contribution in [1.82, 2.24) is 0 Å². The van der Waals surface area contributed by atoms with Gasteiger partial charge in [-0.3, -0.25) is 4.79 Å². The number of hydrogen-bond acceptors (Lipinski definition) is 2. The molecule has 1 N–H and O–H groups in total. The predicted molar refractivity (Wildman–Crippen MR) is 60.9 cm³/mol. The summed E-state index contributed by atoms with van der Waals surface area (Å²) in [7, 11) is 0. The Morgan fingerprint density at radius 3 is 2.47 bits per heavy atom. The second-order valence-electron chi connectivity index (χ2n) is 4.85. The maximum absolute atomic E-state index is 12.7. The number of rotatable bonds is 5. The summed E-state index contributed by atoms with van der Waals surface area (Å²) in [6.45, 7) is 0.00634. The van der Waals surface area contributed by atoms with Gasteiger partial charge >= 0.3 is 12.1 Å². The summed E-state index contributed by atoms with van der Waals surface area (Å²) in [5.74, 6) is -1.20. The second-order valence-corrected chi connectivity index (χ2v) is 4.85. The lowest BCUT2D eigenvalue weighted by Gasteiger charge is -2.17. The Morgan fingerprint density at radius 2 is 1.95 bits per heavy atom. The lowest BCUT2D eigenvalue weighted by atomic mass is 10.0. The molecule has 2 rings (SSSR count). The molecule has 6 heteroatoms. The van der Waals surface area contributed by atoms with E-state index >= 15 is 0 Å². The maximum atomic E-state index is 12.7. The summed E-state index contributed by atoms with van der Waals surface area (Å²) in [6.07, 6.45) is -3.19. The molecule has 0 radical (unpaired) electrons. The first kappa shape index (κ1) is 13.7. The molecule has 1 aliphatic rings. The molecule has 0 aliphatic heterocycles. The highest BCUT2D eigenvalue weighted by Crippen LogP contribution is 2.49. The van der Waals surface area contributed by atoms with Crippen LogP contribution in [-0.2, 0) is 11.0 Å².